The van der Waals surface area contributed by atoms with Gasteiger partial charge < -0.3 is 25.3 Å². The zero-order chi connectivity index (χ0) is 24.6. The second-order valence-electron chi connectivity index (χ2n) is 8.74. The van der Waals surface area contributed by atoms with Crippen molar-refractivity contribution in [1.29, 1.82) is 0 Å². The number of hydrogen-bond acceptors (Lipinski definition) is 5. The van der Waals surface area contributed by atoms with Gasteiger partial charge in [-0.3, -0.25) is 9.59 Å². The Bertz CT molecular complexity index is 1130. The number of phenolic OH excluding ortho intramolecular Hbond substituents is 1. The highest BCUT2D eigenvalue weighted by Gasteiger charge is 2.27. The van der Waals surface area contributed by atoms with E-state index < -0.39 is 6.10 Å². The quantitative estimate of drug-likeness (QED) is 0.464. The molecule has 1 fully saturated rings. The summed E-state index contributed by atoms with van der Waals surface area (Å²) in [6.45, 7) is 2.27. The number of benzene rings is 3. The molecule has 4 rings (SSSR count). The molecule has 0 aromatic heterocycles. The second-order valence-corrected chi connectivity index (χ2v) is 8.74. The molecule has 0 bridgehead atoms. The van der Waals surface area contributed by atoms with E-state index in [0.717, 1.165) is 24.2 Å². The molecule has 0 saturated carbocycles. The minimum Gasteiger partial charge on any atom is -0.508 e. The van der Waals surface area contributed by atoms with E-state index in [4.69, 9.17) is 0 Å². The molecular formula is C28H31N3O4. The van der Waals surface area contributed by atoms with Gasteiger partial charge in [0, 0.05) is 44.0 Å². The summed E-state index contributed by atoms with van der Waals surface area (Å²) < 4.78 is 0. The maximum absolute atomic E-state index is 12.7. The molecular weight excluding hydrogens is 442 g/mol. The van der Waals surface area contributed by atoms with Gasteiger partial charge in [0.15, 0.2) is 6.10 Å². The molecule has 1 saturated heterocycles. The molecule has 1 unspecified atom stereocenters. The monoisotopic (exact) mass is 473 g/mol. The van der Waals surface area contributed by atoms with Gasteiger partial charge in [0.25, 0.3) is 5.91 Å². The Morgan fingerprint density at radius 3 is 2.29 bits per heavy atom. The maximum Gasteiger partial charge on any atom is 0.256 e. The molecule has 0 aliphatic carbocycles. The first kappa shape index (κ1) is 24.3. The Labute approximate surface area is 205 Å². The van der Waals surface area contributed by atoms with Gasteiger partial charge in [0.05, 0.1) is 0 Å². The predicted octanol–water partition coefficient (Wildman–Crippen LogP) is 3.74. The number of aliphatic hydroxyl groups is 1. The van der Waals surface area contributed by atoms with Crippen molar-refractivity contribution in [2.45, 2.75) is 25.4 Å². The van der Waals surface area contributed by atoms with Gasteiger partial charge in [-0.15, -0.1) is 0 Å². The van der Waals surface area contributed by atoms with Crippen molar-refractivity contribution in [3.8, 4) is 5.75 Å². The van der Waals surface area contributed by atoms with Crippen molar-refractivity contribution in [2.75, 3.05) is 36.4 Å². The van der Waals surface area contributed by atoms with Crippen molar-refractivity contribution >= 4 is 23.2 Å². The number of aliphatic hydroxyl groups excluding tert-OH is 1. The summed E-state index contributed by atoms with van der Waals surface area (Å²) in [5.41, 5.74) is 3.41. The molecule has 1 atom stereocenters. The molecule has 7 nitrogen and oxygen atoms in total. The number of phenols is 1. The zero-order valence-corrected chi connectivity index (χ0v) is 19.6. The number of rotatable bonds is 8. The van der Waals surface area contributed by atoms with Gasteiger partial charge in [-0.1, -0.05) is 42.5 Å². The second kappa shape index (κ2) is 11.5. The Morgan fingerprint density at radius 2 is 1.60 bits per heavy atom. The van der Waals surface area contributed by atoms with Crippen LogP contribution in [0.1, 0.15) is 30.1 Å². The number of hydrogen-bond donors (Lipinski definition) is 3. The molecule has 1 heterocycles. The van der Waals surface area contributed by atoms with E-state index in [2.05, 4.69) is 22.3 Å². The summed E-state index contributed by atoms with van der Waals surface area (Å²) in [4.78, 5) is 28.8. The van der Waals surface area contributed by atoms with Crippen LogP contribution in [0.5, 0.6) is 5.75 Å². The van der Waals surface area contributed by atoms with Crippen molar-refractivity contribution in [3.05, 3.63) is 90.0 Å². The number of carbonyl (C=O) groups is 2. The number of nitrogens with zero attached hydrogens (tertiary/aromatic N) is 2. The van der Waals surface area contributed by atoms with E-state index in [1.807, 2.05) is 42.5 Å². The highest BCUT2D eigenvalue weighted by molar-refractivity contribution is 5.90. The zero-order valence-electron chi connectivity index (χ0n) is 19.6. The smallest absolute Gasteiger partial charge is 0.256 e. The van der Waals surface area contributed by atoms with Crippen LogP contribution in [0.2, 0.25) is 0 Å². The van der Waals surface area contributed by atoms with Crippen LogP contribution >= 0.6 is 0 Å². The predicted molar refractivity (Wildman–Crippen MR) is 136 cm³/mol. The molecule has 35 heavy (non-hydrogen) atoms. The van der Waals surface area contributed by atoms with Crippen molar-refractivity contribution < 1.29 is 19.8 Å². The highest BCUT2D eigenvalue weighted by Crippen LogP contribution is 2.23. The lowest BCUT2D eigenvalue weighted by Gasteiger charge is -2.37. The molecule has 3 aromatic rings. The molecule has 7 heteroatoms. The van der Waals surface area contributed by atoms with Crippen LogP contribution < -0.4 is 10.2 Å². The van der Waals surface area contributed by atoms with Gasteiger partial charge in [0.1, 0.15) is 5.75 Å². The SMILES string of the molecule is O=C(CCCc1ccccc1)Nc1ccc(N2CCN(C(=O)C(O)c3cccc(O)c3)CC2)cc1. The molecule has 3 aromatic carbocycles. The lowest BCUT2D eigenvalue weighted by Crippen LogP contribution is -2.50. The molecule has 0 radical (unpaired) electrons. The summed E-state index contributed by atoms with van der Waals surface area (Å²) in [5.74, 6) is -0.335. The van der Waals surface area contributed by atoms with E-state index >= 15 is 0 Å². The van der Waals surface area contributed by atoms with Gasteiger partial charge in [0.2, 0.25) is 5.91 Å². The highest BCUT2D eigenvalue weighted by atomic mass is 16.3. The van der Waals surface area contributed by atoms with Crippen LogP contribution in [0, 0.1) is 0 Å². The van der Waals surface area contributed by atoms with Gasteiger partial charge in [-0.2, -0.15) is 0 Å². The van der Waals surface area contributed by atoms with E-state index in [-0.39, 0.29) is 17.6 Å². The van der Waals surface area contributed by atoms with Gasteiger partial charge in [-0.25, -0.2) is 0 Å². The fraction of sp³-hybridized carbons (Fsp3) is 0.286. The fourth-order valence-electron chi connectivity index (χ4n) is 4.27. The van der Waals surface area contributed by atoms with E-state index in [0.29, 0.717) is 38.2 Å². The fourth-order valence-corrected chi connectivity index (χ4v) is 4.27. The third-order valence-electron chi connectivity index (χ3n) is 6.24. The number of amides is 2. The van der Waals surface area contributed by atoms with E-state index in [1.165, 1.54) is 17.7 Å². The van der Waals surface area contributed by atoms with Crippen molar-refractivity contribution in [3.63, 3.8) is 0 Å². The number of anilines is 2. The third-order valence-corrected chi connectivity index (χ3v) is 6.24. The number of aryl methyl sites for hydroxylation is 1. The van der Waals surface area contributed by atoms with Gasteiger partial charge in [-0.05, 0) is 60.4 Å². The van der Waals surface area contributed by atoms with Crippen molar-refractivity contribution in [2.24, 2.45) is 0 Å². The number of piperazine rings is 1. The molecule has 0 spiro atoms. The normalized spacial score (nSPS) is 14.4. The van der Waals surface area contributed by atoms with Crippen LogP contribution in [0.25, 0.3) is 0 Å². The van der Waals surface area contributed by atoms with Crippen LogP contribution in [-0.2, 0) is 16.0 Å². The summed E-state index contributed by atoms with van der Waals surface area (Å²) in [5, 5.41) is 23.0. The molecule has 182 valence electrons. The average Bonchev–Trinajstić information content (AvgIpc) is 2.89. The van der Waals surface area contributed by atoms with Crippen molar-refractivity contribution in [1.82, 2.24) is 4.90 Å². The standard InChI is InChI=1S/C28H31N3O4/c32-25-10-5-9-22(20-25)27(34)28(35)31-18-16-30(17-19-31)24-14-12-23(13-15-24)29-26(33)11-4-8-21-6-2-1-3-7-21/h1-3,5-7,9-10,12-15,20,27,32,34H,4,8,11,16-19H2,(H,29,33). The first-order valence-electron chi connectivity index (χ1n) is 11.9. The Morgan fingerprint density at radius 1 is 0.886 bits per heavy atom. The number of aromatic hydroxyl groups is 1. The Kier molecular flexibility index (Phi) is 8.00. The largest absolute Gasteiger partial charge is 0.508 e. The lowest BCUT2D eigenvalue weighted by molar-refractivity contribution is -0.140. The molecule has 1 aliphatic heterocycles. The minimum absolute atomic E-state index is 0.00565. The molecule has 2 amide bonds. The lowest BCUT2D eigenvalue weighted by atomic mass is 10.1. The van der Waals surface area contributed by atoms with Crippen LogP contribution in [-0.4, -0.2) is 53.1 Å². The third kappa shape index (κ3) is 6.61. The number of carbonyl (C=O) groups excluding carboxylic acids is 2. The van der Waals surface area contributed by atoms with E-state index in [1.54, 1.807) is 17.0 Å². The van der Waals surface area contributed by atoms with Crippen LogP contribution in [0.4, 0.5) is 11.4 Å². The number of nitrogens with one attached hydrogen (secondary N) is 1. The molecule has 3 N–H and O–H groups in total. The minimum atomic E-state index is -1.29. The van der Waals surface area contributed by atoms with Crippen LogP contribution in [0.15, 0.2) is 78.9 Å². The van der Waals surface area contributed by atoms with Gasteiger partial charge >= 0.3 is 0 Å². The summed E-state index contributed by atoms with van der Waals surface area (Å²) in [6.07, 6.45) is 0.870. The first-order chi connectivity index (χ1) is 17.0. The average molecular weight is 474 g/mol. The van der Waals surface area contributed by atoms with Crippen LogP contribution in [0.3, 0.4) is 0 Å². The maximum atomic E-state index is 12.7. The van der Waals surface area contributed by atoms with E-state index in [9.17, 15) is 19.8 Å². The Hall–Kier alpha value is -3.84. The summed E-state index contributed by atoms with van der Waals surface area (Å²) in [6, 6.07) is 24.0. The topological polar surface area (TPSA) is 93.1 Å². The summed E-state index contributed by atoms with van der Waals surface area (Å²) in [7, 11) is 0. The first-order valence-corrected chi connectivity index (χ1v) is 11.9. The Balaban J connectivity index is 1.23. The summed E-state index contributed by atoms with van der Waals surface area (Å²) >= 11 is 0. The molecule has 1 aliphatic rings.